The lowest BCUT2D eigenvalue weighted by Crippen LogP contribution is -2.12. The van der Waals surface area contributed by atoms with Gasteiger partial charge in [0.25, 0.3) is 5.91 Å². The van der Waals surface area contributed by atoms with Crippen molar-refractivity contribution in [3.8, 4) is 11.5 Å². The Morgan fingerprint density at radius 2 is 1.75 bits per heavy atom. The topological polar surface area (TPSA) is 121 Å². The normalized spacial score (nSPS) is 11.1. The molecule has 0 atom stereocenters. The molecule has 10 heteroatoms. The summed E-state index contributed by atoms with van der Waals surface area (Å²) < 4.78 is 40.2. The number of ether oxygens (including phenoxy) is 2. The van der Waals surface area contributed by atoms with Crippen molar-refractivity contribution in [1.82, 2.24) is 10.2 Å². The van der Waals surface area contributed by atoms with Crippen LogP contribution in [0.15, 0.2) is 57.8 Å². The first-order valence-electron chi connectivity index (χ1n) is 8.06. The first kappa shape index (κ1) is 19.4. The van der Waals surface area contributed by atoms with Gasteiger partial charge in [-0.1, -0.05) is 23.3 Å². The molecule has 0 aliphatic heterocycles. The Balaban J connectivity index is 1.72. The van der Waals surface area contributed by atoms with Crippen molar-refractivity contribution in [2.24, 2.45) is 0 Å². The van der Waals surface area contributed by atoms with Crippen LogP contribution in [0.1, 0.15) is 16.2 Å². The fourth-order valence-corrected chi connectivity index (χ4v) is 3.56. The van der Waals surface area contributed by atoms with Crippen molar-refractivity contribution < 1.29 is 27.1 Å². The van der Waals surface area contributed by atoms with Crippen molar-refractivity contribution >= 4 is 21.8 Å². The lowest BCUT2D eigenvalue weighted by molar-refractivity contribution is 0.102. The summed E-state index contributed by atoms with van der Waals surface area (Å²) >= 11 is 0. The molecule has 146 valence electrons. The van der Waals surface area contributed by atoms with Crippen LogP contribution in [0.4, 0.5) is 6.01 Å². The minimum Gasteiger partial charge on any atom is -0.493 e. The van der Waals surface area contributed by atoms with Gasteiger partial charge >= 0.3 is 6.01 Å². The monoisotopic (exact) mass is 403 g/mol. The van der Waals surface area contributed by atoms with Gasteiger partial charge in [0, 0.05) is 5.56 Å². The van der Waals surface area contributed by atoms with Crippen LogP contribution in [-0.4, -0.2) is 38.7 Å². The molecular weight excluding hydrogens is 386 g/mol. The molecule has 0 bridgehead atoms. The number of benzene rings is 2. The number of nitrogens with one attached hydrogen (secondary N) is 1. The van der Waals surface area contributed by atoms with E-state index in [9.17, 15) is 13.2 Å². The molecule has 9 nitrogen and oxygen atoms in total. The van der Waals surface area contributed by atoms with E-state index < -0.39 is 21.5 Å². The van der Waals surface area contributed by atoms with Gasteiger partial charge < -0.3 is 13.9 Å². The molecule has 3 rings (SSSR count). The highest BCUT2D eigenvalue weighted by molar-refractivity contribution is 7.90. The van der Waals surface area contributed by atoms with Crippen LogP contribution in [0.25, 0.3) is 0 Å². The molecule has 1 heterocycles. The first-order valence-corrected chi connectivity index (χ1v) is 9.71. The van der Waals surface area contributed by atoms with E-state index in [2.05, 4.69) is 15.5 Å². The Morgan fingerprint density at radius 1 is 1.04 bits per heavy atom. The molecular formula is C18H17N3O6S. The van der Waals surface area contributed by atoms with Crippen molar-refractivity contribution in [2.45, 2.75) is 10.6 Å². The number of hydrogen-bond acceptors (Lipinski definition) is 8. The molecule has 28 heavy (non-hydrogen) atoms. The second kappa shape index (κ2) is 8.09. The minimum atomic E-state index is -3.64. The Morgan fingerprint density at radius 3 is 2.43 bits per heavy atom. The number of amides is 1. The highest BCUT2D eigenvalue weighted by Gasteiger charge is 2.20. The van der Waals surface area contributed by atoms with Crippen LogP contribution >= 0.6 is 0 Å². The third-order valence-electron chi connectivity index (χ3n) is 3.75. The lowest BCUT2D eigenvalue weighted by Gasteiger charge is -2.08. The molecule has 0 radical (unpaired) electrons. The number of rotatable bonds is 7. The molecule has 0 aliphatic carbocycles. The van der Waals surface area contributed by atoms with E-state index in [4.69, 9.17) is 13.9 Å². The molecule has 0 saturated heterocycles. The summed E-state index contributed by atoms with van der Waals surface area (Å²) in [4.78, 5) is 12.5. The average Bonchev–Trinajstić information content (AvgIpc) is 3.14. The van der Waals surface area contributed by atoms with Crippen molar-refractivity contribution in [3.63, 3.8) is 0 Å². The van der Waals surface area contributed by atoms with Gasteiger partial charge in [0.1, 0.15) is 5.75 Å². The van der Waals surface area contributed by atoms with Gasteiger partial charge in [-0.2, -0.15) is 0 Å². The van der Waals surface area contributed by atoms with Crippen LogP contribution in [0.5, 0.6) is 11.5 Å². The van der Waals surface area contributed by atoms with E-state index >= 15 is 0 Å². The SMILES string of the molecule is COc1ccc(C(=O)Nc2nnc(CS(=O)(=O)c3ccccc3)o2)cc1OC. The number of carbonyl (C=O) groups is 1. The smallest absolute Gasteiger partial charge is 0.322 e. The second-order valence-corrected chi connectivity index (χ2v) is 7.59. The van der Waals surface area contributed by atoms with Gasteiger partial charge in [0.15, 0.2) is 21.3 Å². The van der Waals surface area contributed by atoms with E-state index in [1.807, 2.05) is 0 Å². The van der Waals surface area contributed by atoms with Gasteiger partial charge in [0.05, 0.1) is 19.1 Å². The molecule has 0 unspecified atom stereocenters. The van der Waals surface area contributed by atoms with Gasteiger partial charge in [-0.25, -0.2) is 8.42 Å². The molecule has 0 spiro atoms. The lowest BCUT2D eigenvalue weighted by atomic mass is 10.2. The zero-order valence-electron chi connectivity index (χ0n) is 15.1. The summed E-state index contributed by atoms with van der Waals surface area (Å²) in [5.41, 5.74) is 0.273. The van der Waals surface area contributed by atoms with E-state index in [-0.39, 0.29) is 22.4 Å². The van der Waals surface area contributed by atoms with Crippen molar-refractivity contribution in [1.29, 1.82) is 0 Å². The standard InChI is InChI=1S/C18H17N3O6S/c1-25-14-9-8-12(10-15(14)26-2)17(22)19-18-21-20-16(27-18)11-28(23,24)13-6-4-3-5-7-13/h3-10H,11H2,1-2H3,(H,19,21,22). The fourth-order valence-electron chi connectivity index (χ4n) is 2.38. The van der Waals surface area contributed by atoms with Gasteiger partial charge in [-0.05, 0) is 30.3 Å². The Bertz CT molecular complexity index is 1080. The van der Waals surface area contributed by atoms with Crippen molar-refractivity contribution in [3.05, 3.63) is 60.0 Å². The van der Waals surface area contributed by atoms with E-state index in [1.54, 1.807) is 24.3 Å². The summed E-state index contributed by atoms with van der Waals surface area (Å²) in [7, 11) is -0.694. The Labute approximate surface area is 161 Å². The summed E-state index contributed by atoms with van der Waals surface area (Å²) in [5, 5.41) is 9.77. The van der Waals surface area contributed by atoms with Crippen LogP contribution in [-0.2, 0) is 15.6 Å². The molecule has 2 aromatic carbocycles. The molecule has 3 aromatic rings. The average molecular weight is 403 g/mol. The molecule has 1 aromatic heterocycles. The fraction of sp³-hybridized carbons (Fsp3) is 0.167. The zero-order chi connectivity index (χ0) is 20.1. The number of hydrogen-bond donors (Lipinski definition) is 1. The first-order chi connectivity index (χ1) is 13.4. The number of sulfone groups is 1. The van der Waals surface area contributed by atoms with Gasteiger partial charge in [0.2, 0.25) is 5.89 Å². The van der Waals surface area contributed by atoms with Crippen LogP contribution in [0, 0.1) is 0 Å². The number of carbonyl (C=O) groups excluding carboxylic acids is 1. The Kier molecular flexibility index (Phi) is 5.59. The maximum absolute atomic E-state index is 12.3. The Hall–Kier alpha value is -3.40. The second-order valence-electron chi connectivity index (χ2n) is 5.60. The maximum atomic E-state index is 12.3. The minimum absolute atomic E-state index is 0.133. The quantitative estimate of drug-likeness (QED) is 0.638. The third-order valence-corrected chi connectivity index (χ3v) is 5.37. The van der Waals surface area contributed by atoms with E-state index in [0.29, 0.717) is 11.5 Å². The van der Waals surface area contributed by atoms with Crippen LogP contribution in [0.2, 0.25) is 0 Å². The highest BCUT2D eigenvalue weighted by Crippen LogP contribution is 2.27. The molecule has 1 N–H and O–H groups in total. The summed E-state index contributed by atoms with van der Waals surface area (Å²) in [6, 6.07) is 12.3. The third kappa shape index (κ3) is 4.29. The molecule has 0 saturated carbocycles. The highest BCUT2D eigenvalue weighted by atomic mass is 32.2. The predicted octanol–water partition coefficient (Wildman–Crippen LogP) is 2.31. The van der Waals surface area contributed by atoms with Crippen LogP contribution < -0.4 is 14.8 Å². The number of methoxy groups -OCH3 is 2. The largest absolute Gasteiger partial charge is 0.493 e. The zero-order valence-corrected chi connectivity index (χ0v) is 15.9. The molecule has 0 fully saturated rings. The summed E-state index contributed by atoms with van der Waals surface area (Å²) in [6.07, 6.45) is 0. The summed E-state index contributed by atoms with van der Waals surface area (Å²) in [6.45, 7) is 0. The maximum Gasteiger partial charge on any atom is 0.322 e. The van der Waals surface area contributed by atoms with Crippen LogP contribution in [0.3, 0.4) is 0 Å². The summed E-state index contributed by atoms with van der Waals surface area (Å²) in [5.74, 6) is -0.273. The predicted molar refractivity (Wildman–Crippen MR) is 99.1 cm³/mol. The number of nitrogens with zero attached hydrogens (tertiary/aromatic N) is 2. The van der Waals surface area contributed by atoms with Gasteiger partial charge in [-0.15, -0.1) is 5.10 Å². The number of anilines is 1. The van der Waals surface area contributed by atoms with E-state index in [1.165, 1.54) is 38.5 Å². The van der Waals surface area contributed by atoms with Gasteiger partial charge in [-0.3, -0.25) is 10.1 Å². The molecule has 1 amide bonds. The molecule has 0 aliphatic rings. The van der Waals surface area contributed by atoms with Crippen molar-refractivity contribution in [2.75, 3.05) is 19.5 Å². The number of aromatic nitrogens is 2. The van der Waals surface area contributed by atoms with E-state index in [0.717, 1.165) is 0 Å².